The van der Waals surface area contributed by atoms with Crippen molar-refractivity contribution >= 4 is 17.7 Å². The zero-order valence-corrected chi connectivity index (χ0v) is 13.5. The van der Waals surface area contributed by atoms with E-state index >= 15 is 0 Å². The number of hydrogen-bond donors (Lipinski definition) is 0. The molecule has 0 atom stereocenters. The number of nitrogens with zero attached hydrogens (tertiary/aromatic N) is 1. The van der Waals surface area contributed by atoms with Crippen LogP contribution in [0.4, 0.5) is 0 Å². The molecule has 0 spiro atoms. The molecule has 2 heteroatoms. The summed E-state index contributed by atoms with van der Waals surface area (Å²) in [6, 6.07) is 9.75. The molecule has 0 amide bonds. The van der Waals surface area contributed by atoms with Gasteiger partial charge >= 0.3 is 117 Å². The molecular formula is C16H21GeN. The monoisotopic (exact) mass is 304 g/mol. The summed E-state index contributed by atoms with van der Waals surface area (Å²) in [5.74, 6) is 6.58. The Morgan fingerprint density at radius 3 is 2.33 bits per heavy atom. The second-order valence-electron chi connectivity index (χ2n) is 5.73. The molecule has 18 heavy (non-hydrogen) atoms. The van der Waals surface area contributed by atoms with E-state index < -0.39 is 20.1 Å². The van der Waals surface area contributed by atoms with E-state index in [1.807, 2.05) is 31.2 Å². The van der Waals surface area contributed by atoms with Crippen molar-refractivity contribution in [1.82, 2.24) is 4.98 Å². The maximum absolute atomic E-state index is 7.82. The van der Waals surface area contributed by atoms with Crippen LogP contribution < -0.4 is 4.40 Å². The second kappa shape index (κ2) is 4.89. The summed E-state index contributed by atoms with van der Waals surface area (Å²) in [5.41, 5.74) is 3.34. The Bertz CT molecular complexity index is 640. The van der Waals surface area contributed by atoms with Gasteiger partial charge in [-0.1, -0.05) is 0 Å². The molecule has 1 aromatic carbocycles. The van der Waals surface area contributed by atoms with Gasteiger partial charge in [-0.3, -0.25) is 0 Å². The van der Waals surface area contributed by atoms with Gasteiger partial charge in [-0.25, -0.2) is 0 Å². The summed E-state index contributed by atoms with van der Waals surface area (Å²) in [6.07, 6.45) is 1.79. The number of aryl methyl sites for hydroxylation is 2. The minimum atomic E-state index is -2.27. The van der Waals surface area contributed by atoms with Crippen LogP contribution >= 0.6 is 0 Å². The van der Waals surface area contributed by atoms with E-state index in [0.29, 0.717) is 5.56 Å². The SMILES string of the molecule is [2H]C([2H])([2H])c1cc(-c2ccc(C)cc2)nc[c]1[Ge]([CH3])([CH3])[CH3]. The molecule has 0 saturated heterocycles. The Balaban J connectivity index is 2.60. The molecule has 0 bridgehead atoms. The van der Waals surface area contributed by atoms with Crippen LogP contribution in [-0.4, -0.2) is 18.3 Å². The molecule has 0 radical (unpaired) electrons. The first-order chi connectivity index (χ1) is 9.59. The third kappa shape index (κ3) is 2.83. The van der Waals surface area contributed by atoms with Crippen molar-refractivity contribution in [2.24, 2.45) is 0 Å². The normalized spacial score (nSPS) is 14.8. The van der Waals surface area contributed by atoms with E-state index in [1.54, 1.807) is 12.3 Å². The minimum absolute atomic E-state index is 0.473. The van der Waals surface area contributed by atoms with Crippen molar-refractivity contribution in [3.8, 4) is 11.3 Å². The van der Waals surface area contributed by atoms with E-state index in [4.69, 9.17) is 4.11 Å². The molecule has 0 aliphatic rings. The number of benzene rings is 1. The number of rotatable bonds is 2. The third-order valence-corrected chi connectivity index (χ3v) is 7.29. The summed E-state index contributed by atoms with van der Waals surface area (Å²) >= 11 is -2.27. The summed E-state index contributed by atoms with van der Waals surface area (Å²) < 4.78 is 24.4. The molecule has 2 rings (SSSR count). The molecule has 0 aliphatic heterocycles. The molecule has 1 heterocycles. The van der Waals surface area contributed by atoms with E-state index in [9.17, 15) is 0 Å². The third-order valence-electron chi connectivity index (χ3n) is 3.06. The standard InChI is InChI=1S/C16H21GeN/c1-12-6-8-14(9-7-12)16-10-13(2)15(11-18-16)17(3,4)5/h6-11H,1-5H3/i2D3. The van der Waals surface area contributed by atoms with Gasteiger partial charge in [0.25, 0.3) is 0 Å². The average molecular weight is 303 g/mol. The van der Waals surface area contributed by atoms with E-state index in [0.717, 1.165) is 15.7 Å². The fraction of sp³-hybridized carbons (Fsp3) is 0.312. The summed E-state index contributed by atoms with van der Waals surface area (Å²) in [4.78, 5) is 4.52. The topological polar surface area (TPSA) is 12.9 Å². The van der Waals surface area contributed by atoms with Crippen molar-refractivity contribution in [3.63, 3.8) is 0 Å². The molecule has 94 valence electrons. The van der Waals surface area contributed by atoms with Gasteiger partial charge in [0.1, 0.15) is 0 Å². The first-order valence-electron chi connectivity index (χ1n) is 7.67. The molecule has 0 fully saturated rings. The molecule has 0 N–H and O–H groups in total. The van der Waals surface area contributed by atoms with Crippen LogP contribution in [0.3, 0.4) is 0 Å². The van der Waals surface area contributed by atoms with Gasteiger partial charge in [0.05, 0.1) is 0 Å². The van der Waals surface area contributed by atoms with Gasteiger partial charge in [0.2, 0.25) is 0 Å². The number of pyridine rings is 1. The number of hydrogen-bond acceptors (Lipinski definition) is 1. The Morgan fingerprint density at radius 2 is 1.78 bits per heavy atom. The quantitative estimate of drug-likeness (QED) is 0.767. The predicted octanol–water partition coefficient (Wildman–Crippen LogP) is 3.91. The predicted molar refractivity (Wildman–Crippen MR) is 82.1 cm³/mol. The van der Waals surface area contributed by atoms with Gasteiger partial charge in [-0.15, -0.1) is 0 Å². The summed E-state index contributed by atoms with van der Waals surface area (Å²) in [6.45, 7) is -0.0580. The van der Waals surface area contributed by atoms with Gasteiger partial charge in [0.15, 0.2) is 0 Å². The van der Waals surface area contributed by atoms with Crippen molar-refractivity contribution in [3.05, 3.63) is 47.7 Å². The van der Waals surface area contributed by atoms with Crippen molar-refractivity contribution in [2.75, 3.05) is 0 Å². The van der Waals surface area contributed by atoms with Crippen LogP contribution in [0.2, 0.25) is 17.3 Å². The molecule has 1 aromatic heterocycles. The Morgan fingerprint density at radius 1 is 1.11 bits per heavy atom. The molecule has 0 saturated carbocycles. The second-order valence-corrected chi connectivity index (χ2v) is 16.3. The molecule has 0 aliphatic carbocycles. The van der Waals surface area contributed by atoms with Crippen LogP contribution in [0.1, 0.15) is 15.2 Å². The first kappa shape index (κ1) is 9.79. The van der Waals surface area contributed by atoms with Crippen molar-refractivity contribution in [1.29, 1.82) is 0 Å². The van der Waals surface area contributed by atoms with Gasteiger partial charge < -0.3 is 0 Å². The Labute approximate surface area is 117 Å². The van der Waals surface area contributed by atoms with Gasteiger partial charge in [-0.2, -0.15) is 0 Å². The zero-order valence-electron chi connectivity index (χ0n) is 14.4. The zero-order chi connectivity index (χ0) is 15.8. The van der Waals surface area contributed by atoms with Crippen LogP contribution in [0.25, 0.3) is 11.3 Å². The van der Waals surface area contributed by atoms with E-state index in [1.165, 1.54) is 5.56 Å². The summed E-state index contributed by atoms with van der Waals surface area (Å²) in [5, 5.41) is 0. The molecular weight excluding hydrogens is 279 g/mol. The Hall–Kier alpha value is -1.09. The van der Waals surface area contributed by atoms with Crippen molar-refractivity contribution in [2.45, 2.75) is 31.0 Å². The maximum atomic E-state index is 7.82. The van der Waals surface area contributed by atoms with Gasteiger partial charge in [-0.05, 0) is 0 Å². The van der Waals surface area contributed by atoms with E-state index in [-0.39, 0.29) is 0 Å². The fourth-order valence-electron chi connectivity index (χ4n) is 1.94. The van der Waals surface area contributed by atoms with Crippen molar-refractivity contribution < 1.29 is 4.11 Å². The van der Waals surface area contributed by atoms with Crippen LogP contribution in [0, 0.1) is 13.8 Å². The van der Waals surface area contributed by atoms with Crippen LogP contribution in [0.5, 0.6) is 0 Å². The average Bonchev–Trinajstić information content (AvgIpc) is 2.37. The molecule has 2 aromatic rings. The van der Waals surface area contributed by atoms with Gasteiger partial charge in [0, 0.05) is 0 Å². The molecule has 1 nitrogen and oxygen atoms in total. The molecule has 0 unspecified atom stereocenters. The summed E-state index contributed by atoms with van der Waals surface area (Å²) in [7, 11) is 0. The van der Waals surface area contributed by atoms with Crippen LogP contribution in [0.15, 0.2) is 36.5 Å². The number of aromatic nitrogens is 1. The van der Waals surface area contributed by atoms with Crippen LogP contribution in [-0.2, 0) is 0 Å². The fourth-order valence-corrected chi connectivity index (χ4v) is 4.73. The Kier molecular flexibility index (Phi) is 2.66. The van der Waals surface area contributed by atoms with E-state index in [2.05, 4.69) is 22.3 Å². The first-order valence-corrected chi connectivity index (χ1v) is 13.5.